The summed E-state index contributed by atoms with van der Waals surface area (Å²) in [5, 5.41) is 0. The van der Waals surface area contributed by atoms with Crippen molar-refractivity contribution in [3.63, 3.8) is 0 Å². The van der Waals surface area contributed by atoms with Gasteiger partial charge in [-0.3, -0.25) is 0 Å². The lowest BCUT2D eigenvalue weighted by Gasteiger charge is -2.11. The van der Waals surface area contributed by atoms with Gasteiger partial charge in [0.25, 0.3) is 0 Å². The lowest BCUT2D eigenvalue weighted by molar-refractivity contribution is 0.0492. The van der Waals surface area contributed by atoms with Gasteiger partial charge < -0.3 is 9.64 Å². The van der Waals surface area contributed by atoms with Crippen LogP contribution in [-0.2, 0) is 17.6 Å². The third-order valence-corrected chi connectivity index (χ3v) is 3.75. The van der Waals surface area contributed by atoms with E-state index in [0.717, 1.165) is 31.4 Å². The van der Waals surface area contributed by atoms with Crippen molar-refractivity contribution in [2.75, 3.05) is 27.2 Å². The Morgan fingerprint density at radius 2 is 1.65 bits per heavy atom. The maximum atomic E-state index is 12.3. The van der Waals surface area contributed by atoms with E-state index in [4.69, 9.17) is 4.74 Å². The number of hydrogen-bond donors (Lipinski definition) is 0. The summed E-state index contributed by atoms with van der Waals surface area (Å²) >= 11 is 0. The van der Waals surface area contributed by atoms with Gasteiger partial charge in [-0.15, -0.1) is 0 Å². The number of carbonyl (C=O) groups excluding carboxylic acids is 1. The highest BCUT2D eigenvalue weighted by molar-refractivity contribution is 5.91. The van der Waals surface area contributed by atoms with Crippen molar-refractivity contribution >= 4 is 5.97 Å². The van der Waals surface area contributed by atoms with E-state index in [2.05, 4.69) is 17.0 Å². The molecule has 0 atom stereocenters. The molecular weight excluding hydrogens is 286 g/mol. The quantitative estimate of drug-likeness (QED) is 0.551. The lowest BCUT2D eigenvalue weighted by Crippen LogP contribution is -2.16. The fourth-order valence-electron chi connectivity index (χ4n) is 2.48. The largest absolute Gasteiger partial charge is 0.462 e. The molecular formula is C20H25NO2. The first-order valence-corrected chi connectivity index (χ1v) is 8.10. The molecule has 0 unspecified atom stereocenters. The average molecular weight is 311 g/mol. The first kappa shape index (κ1) is 17.2. The van der Waals surface area contributed by atoms with Gasteiger partial charge in [0, 0.05) is 6.54 Å². The minimum Gasteiger partial charge on any atom is -0.462 e. The zero-order valence-corrected chi connectivity index (χ0v) is 14.0. The highest BCUT2D eigenvalue weighted by Gasteiger charge is 2.12. The summed E-state index contributed by atoms with van der Waals surface area (Å²) in [6.07, 6.45) is 2.61. The van der Waals surface area contributed by atoms with Crippen LogP contribution in [0.5, 0.6) is 0 Å². The van der Waals surface area contributed by atoms with E-state index in [0.29, 0.717) is 12.2 Å². The van der Waals surface area contributed by atoms with E-state index in [1.165, 1.54) is 5.56 Å². The molecule has 3 heteroatoms. The summed E-state index contributed by atoms with van der Waals surface area (Å²) in [7, 11) is 4.03. The molecule has 0 bridgehead atoms. The van der Waals surface area contributed by atoms with Crippen LogP contribution in [0.4, 0.5) is 0 Å². The predicted molar refractivity (Wildman–Crippen MR) is 93.7 cm³/mol. The van der Waals surface area contributed by atoms with Gasteiger partial charge in [0.15, 0.2) is 0 Å². The Bertz CT molecular complexity index is 608. The van der Waals surface area contributed by atoms with Gasteiger partial charge in [0.05, 0.1) is 12.2 Å². The molecule has 3 nitrogen and oxygen atoms in total. The van der Waals surface area contributed by atoms with Crippen LogP contribution in [0.2, 0.25) is 0 Å². The minimum atomic E-state index is -0.215. The molecule has 0 aliphatic rings. The molecule has 0 saturated carbocycles. The molecule has 0 spiro atoms. The van der Waals surface area contributed by atoms with E-state index in [1.54, 1.807) is 0 Å². The Morgan fingerprint density at radius 1 is 0.957 bits per heavy atom. The van der Waals surface area contributed by atoms with Crippen molar-refractivity contribution in [1.82, 2.24) is 4.90 Å². The summed E-state index contributed by atoms with van der Waals surface area (Å²) in [5.41, 5.74) is 3.02. The number of aryl methyl sites for hydroxylation is 2. The number of hydrogen-bond acceptors (Lipinski definition) is 3. The molecule has 0 aromatic heterocycles. The van der Waals surface area contributed by atoms with Gasteiger partial charge in [-0.05, 0) is 50.6 Å². The van der Waals surface area contributed by atoms with Crippen LogP contribution in [0.3, 0.4) is 0 Å². The molecule has 122 valence electrons. The van der Waals surface area contributed by atoms with Crippen molar-refractivity contribution in [2.45, 2.75) is 19.3 Å². The number of benzene rings is 2. The maximum Gasteiger partial charge on any atom is 0.338 e. The molecule has 0 aliphatic heterocycles. The van der Waals surface area contributed by atoms with Gasteiger partial charge in [-0.1, -0.05) is 48.5 Å². The van der Waals surface area contributed by atoms with Crippen LogP contribution in [0, 0.1) is 0 Å². The topological polar surface area (TPSA) is 29.5 Å². The fraction of sp³-hybridized carbons (Fsp3) is 0.350. The van der Waals surface area contributed by atoms with Gasteiger partial charge in [-0.2, -0.15) is 0 Å². The van der Waals surface area contributed by atoms with Crippen molar-refractivity contribution in [2.24, 2.45) is 0 Å². The van der Waals surface area contributed by atoms with Crippen molar-refractivity contribution in [1.29, 1.82) is 0 Å². The zero-order chi connectivity index (χ0) is 16.5. The Labute approximate surface area is 138 Å². The molecule has 2 aromatic carbocycles. The highest BCUT2D eigenvalue weighted by Crippen LogP contribution is 2.14. The molecule has 0 saturated heterocycles. The predicted octanol–water partition coefficient (Wildman–Crippen LogP) is 3.58. The summed E-state index contributed by atoms with van der Waals surface area (Å²) in [6, 6.07) is 18.1. The number of rotatable bonds is 8. The Hall–Kier alpha value is -2.13. The van der Waals surface area contributed by atoms with Gasteiger partial charge in [0.2, 0.25) is 0 Å². The number of nitrogens with zero attached hydrogens (tertiary/aromatic N) is 1. The van der Waals surface area contributed by atoms with Gasteiger partial charge in [0.1, 0.15) is 0 Å². The second-order valence-electron chi connectivity index (χ2n) is 5.94. The summed E-state index contributed by atoms with van der Waals surface area (Å²) in [5.74, 6) is -0.215. The molecule has 0 amide bonds. The maximum absolute atomic E-state index is 12.3. The fourth-order valence-corrected chi connectivity index (χ4v) is 2.48. The van der Waals surface area contributed by atoms with E-state index >= 15 is 0 Å². The number of carbonyl (C=O) groups is 1. The summed E-state index contributed by atoms with van der Waals surface area (Å²) in [4.78, 5) is 14.4. The molecule has 0 heterocycles. The van der Waals surface area contributed by atoms with Crippen molar-refractivity contribution < 1.29 is 9.53 Å². The van der Waals surface area contributed by atoms with Crippen LogP contribution in [-0.4, -0.2) is 38.1 Å². The third-order valence-electron chi connectivity index (χ3n) is 3.75. The standard InChI is InChI=1S/C20H25NO2/c1-21(2)15-8-16-23-20(22)19-12-7-6-11-18(19)14-13-17-9-4-3-5-10-17/h3-7,9-12H,8,13-16H2,1-2H3. The molecule has 0 radical (unpaired) electrons. The van der Waals surface area contributed by atoms with Crippen LogP contribution >= 0.6 is 0 Å². The first-order valence-electron chi connectivity index (χ1n) is 8.10. The molecule has 0 aliphatic carbocycles. The lowest BCUT2D eigenvalue weighted by atomic mass is 10.00. The second kappa shape index (κ2) is 9.11. The Kier molecular flexibility index (Phi) is 6.82. The first-order chi connectivity index (χ1) is 11.2. The normalized spacial score (nSPS) is 10.7. The third kappa shape index (κ3) is 5.87. The van der Waals surface area contributed by atoms with Gasteiger partial charge >= 0.3 is 5.97 Å². The van der Waals surface area contributed by atoms with E-state index in [1.807, 2.05) is 56.6 Å². The molecule has 0 N–H and O–H groups in total. The smallest absolute Gasteiger partial charge is 0.338 e. The monoisotopic (exact) mass is 311 g/mol. The minimum absolute atomic E-state index is 0.215. The zero-order valence-electron chi connectivity index (χ0n) is 14.0. The molecule has 0 fully saturated rings. The summed E-state index contributed by atoms with van der Waals surface area (Å²) < 4.78 is 5.41. The Morgan fingerprint density at radius 3 is 2.39 bits per heavy atom. The second-order valence-corrected chi connectivity index (χ2v) is 5.94. The Balaban J connectivity index is 1.92. The summed E-state index contributed by atoms with van der Waals surface area (Å²) in [6.45, 7) is 1.38. The van der Waals surface area contributed by atoms with Crippen LogP contribution in [0.15, 0.2) is 54.6 Å². The average Bonchev–Trinajstić information content (AvgIpc) is 2.58. The van der Waals surface area contributed by atoms with E-state index in [-0.39, 0.29) is 5.97 Å². The van der Waals surface area contributed by atoms with E-state index in [9.17, 15) is 4.79 Å². The molecule has 23 heavy (non-hydrogen) atoms. The van der Waals surface area contributed by atoms with Crippen molar-refractivity contribution in [3.05, 3.63) is 71.3 Å². The van der Waals surface area contributed by atoms with Crippen LogP contribution in [0.1, 0.15) is 27.9 Å². The van der Waals surface area contributed by atoms with Crippen molar-refractivity contribution in [3.8, 4) is 0 Å². The number of ether oxygens (including phenoxy) is 1. The van der Waals surface area contributed by atoms with Crippen LogP contribution in [0.25, 0.3) is 0 Å². The highest BCUT2D eigenvalue weighted by atomic mass is 16.5. The van der Waals surface area contributed by atoms with Crippen LogP contribution < -0.4 is 0 Å². The molecule has 2 rings (SSSR count). The number of esters is 1. The van der Waals surface area contributed by atoms with E-state index < -0.39 is 0 Å². The molecule has 2 aromatic rings. The van der Waals surface area contributed by atoms with Gasteiger partial charge in [-0.25, -0.2) is 4.79 Å². The SMILES string of the molecule is CN(C)CCCOC(=O)c1ccccc1CCc1ccccc1.